The highest BCUT2D eigenvalue weighted by atomic mass is 79.9. The van der Waals surface area contributed by atoms with Crippen molar-refractivity contribution >= 4 is 15.9 Å². The molecule has 2 nitrogen and oxygen atoms in total. The first-order valence-electron chi connectivity index (χ1n) is 4.93. The van der Waals surface area contributed by atoms with E-state index in [-0.39, 0.29) is 5.82 Å². The van der Waals surface area contributed by atoms with Crippen LogP contribution in [0.5, 0.6) is 5.75 Å². The first-order valence-corrected chi connectivity index (χ1v) is 5.72. The zero-order chi connectivity index (χ0) is 10.8. The quantitative estimate of drug-likeness (QED) is 0.913. The van der Waals surface area contributed by atoms with Crippen molar-refractivity contribution in [3.8, 4) is 5.75 Å². The van der Waals surface area contributed by atoms with Crippen LogP contribution in [0.4, 0.5) is 4.39 Å². The fraction of sp³-hybridized carbons (Fsp3) is 0.455. The summed E-state index contributed by atoms with van der Waals surface area (Å²) in [5.74, 6) is 0.687. The summed E-state index contributed by atoms with van der Waals surface area (Å²) in [5, 5.41) is 3.20. The maximum Gasteiger partial charge on any atom is 0.166 e. The van der Waals surface area contributed by atoms with E-state index >= 15 is 0 Å². The summed E-state index contributed by atoms with van der Waals surface area (Å²) in [4.78, 5) is 0. The number of hydrogen-bond donors (Lipinski definition) is 1. The number of halogens is 2. The second-order valence-electron chi connectivity index (χ2n) is 3.81. The van der Waals surface area contributed by atoms with E-state index in [4.69, 9.17) is 4.74 Å². The Hall–Kier alpha value is -0.610. The van der Waals surface area contributed by atoms with E-state index in [1.54, 1.807) is 0 Å². The Morgan fingerprint density at radius 3 is 2.80 bits per heavy atom. The summed E-state index contributed by atoms with van der Waals surface area (Å²) >= 11 is 3.30. The molecule has 1 aliphatic rings. The van der Waals surface area contributed by atoms with E-state index in [2.05, 4.69) is 21.2 Å². The summed E-state index contributed by atoms with van der Waals surface area (Å²) in [7, 11) is 1.51. The maximum atomic E-state index is 13.5. The van der Waals surface area contributed by atoms with Gasteiger partial charge in [0.05, 0.1) is 7.11 Å². The van der Waals surface area contributed by atoms with Gasteiger partial charge in [0.2, 0.25) is 0 Å². The molecule has 0 bridgehead atoms. The third kappa shape index (κ3) is 2.32. The van der Waals surface area contributed by atoms with Gasteiger partial charge in [-0.05, 0) is 43.1 Å². The molecule has 1 aliphatic heterocycles. The molecular weight excluding hydrogens is 261 g/mol. The first-order chi connectivity index (χ1) is 7.20. The molecule has 1 aromatic rings. The molecular formula is C11H13BrFNO. The van der Waals surface area contributed by atoms with Gasteiger partial charge < -0.3 is 10.1 Å². The Morgan fingerprint density at radius 1 is 1.53 bits per heavy atom. The monoisotopic (exact) mass is 273 g/mol. The fourth-order valence-electron chi connectivity index (χ4n) is 1.80. The molecule has 0 amide bonds. The van der Waals surface area contributed by atoms with Crippen LogP contribution >= 0.6 is 15.9 Å². The molecule has 82 valence electrons. The predicted molar refractivity (Wildman–Crippen MR) is 60.7 cm³/mol. The van der Waals surface area contributed by atoms with Crippen LogP contribution in [-0.2, 0) is 6.42 Å². The summed E-state index contributed by atoms with van der Waals surface area (Å²) in [6.07, 6.45) is 0.868. The summed E-state index contributed by atoms with van der Waals surface area (Å²) in [6, 6.07) is 3.36. The molecule has 0 aliphatic carbocycles. The minimum Gasteiger partial charge on any atom is -0.493 e. The molecule has 1 saturated heterocycles. The summed E-state index contributed by atoms with van der Waals surface area (Å²) < 4.78 is 19.4. The van der Waals surface area contributed by atoms with E-state index in [0.29, 0.717) is 11.7 Å². The Bertz CT molecular complexity index is 366. The second-order valence-corrected chi connectivity index (χ2v) is 4.72. The van der Waals surface area contributed by atoms with Crippen LogP contribution in [0.25, 0.3) is 0 Å². The number of nitrogens with one attached hydrogen (secondary N) is 1. The van der Waals surface area contributed by atoms with Crippen molar-refractivity contribution < 1.29 is 9.13 Å². The zero-order valence-electron chi connectivity index (χ0n) is 8.52. The smallest absolute Gasteiger partial charge is 0.166 e. The van der Waals surface area contributed by atoms with Gasteiger partial charge in [0.15, 0.2) is 11.6 Å². The molecule has 0 radical (unpaired) electrons. The summed E-state index contributed by atoms with van der Waals surface area (Å²) in [5.41, 5.74) is 0.941. The van der Waals surface area contributed by atoms with Crippen molar-refractivity contribution in [2.75, 3.05) is 20.2 Å². The Morgan fingerprint density at radius 2 is 2.27 bits per heavy atom. The standard InChI is InChI=1S/C11H13BrFNO/c1-15-11-8(2-7-5-14-6-7)3-9(12)4-10(11)13/h3-4,7,14H,2,5-6H2,1H3. The van der Waals surface area contributed by atoms with Crippen molar-refractivity contribution in [3.05, 3.63) is 28.0 Å². The Labute approximate surface area is 96.9 Å². The van der Waals surface area contributed by atoms with Crippen molar-refractivity contribution in [3.63, 3.8) is 0 Å². The molecule has 1 fully saturated rings. The van der Waals surface area contributed by atoms with E-state index in [9.17, 15) is 4.39 Å². The van der Waals surface area contributed by atoms with Gasteiger partial charge in [-0.1, -0.05) is 15.9 Å². The lowest BCUT2D eigenvalue weighted by Gasteiger charge is -2.27. The number of rotatable bonds is 3. The number of benzene rings is 1. The molecule has 1 N–H and O–H groups in total. The van der Waals surface area contributed by atoms with E-state index < -0.39 is 0 Å². The van der Waals surface area contributed by atoms with Crippen LogP contribution in [0.3, 0.4) is 0 Å². The number of hydrogen-bond acceptors (Lipinski definition) is 2. The SMILES string of the molecule is COc1c(F)cc(Br)cc1CC1CNC1. The topological polar surface area (TPSA) is 21.3 Å². The van der Waals surface area contributed by atoms with Crippen molar-refractivity contribution in [2.24, 2.45) is 5.92 Å². The molecule has 1 heterocycles. The normalized spacial score (nSPS) is 16.2. The van der Waals surface area contributed by atoms with Gasteiger partial charge in [-0.15, -0.1) is 0 Å². The third-order valence-electron chi connectivity index (χ3n) is 2.66. The average Bonchev–Trinajstić information content (AvgIpc) is 2.10. The lowest BCUT2D eigenvalue weighted by Crippen LogP contribution is -2.43. The van der Waals surface area contributed by atoms with Gasteiger partial charge in [0, 0.05) is 4.47 Å². The van der Waals surface area contributed by atoms with Crippen LogP contribution in [0.15, 0.2) is 16.6 Å². The molecule has 0 saturated carbocycles. The van der Waals surface area contributed by atoms with Gasteiger partial charge in [0.25, 0.3) is 0 Å². The van der Waals surface area contributed by atoms with Crippen LogP contribution in [-0.4, -0.2) is 20.2 Å². The largest absolute Gasteiger partial charge is 0.493 e. The highest BCUT2D eigenvalue weighted by molar-refractivity contribution is 9.10. The lowest BCUT2D eigenvalue weighted by molar-refractivity contribution is 0.333. The minimum absolute atomic E-state index is 0.297. The van der Waals surface area contributed by atoms with E-state index in [1.165, 1.54) is 13.2 Å². The van der Waals surface area contributed by atoms with Crippen molar-refractivity contribution in [1.82, 2.24) is 5.32 Å². The zero-order valence-corrected chi connectivity index (χ0v) is 10.1. The van der Waals surface area contributed by atoms with Gasteiger partial charge in [-0.2, -0.15) is 0 Å². The van der Waals surface area contributed by atoms with Gasteiger partial charge >= 0.3 is 0 Å². The van der Waals surface area contributed by atoms with E-state index in [0.717, 1.165) is 29.5 Å². The molecule has 0 atom stereocenters. The average molecular weight is 274 g/mol. The highest BCUT2D eigenvalue weighted by Crippen LogP contribution is 2.29. The number of ether oxygens (including phenoxy) is 1. The predicted octanol–water partition coefficient (Wildman–Crippen LogP) is 2.36. The van der Waals surface area contributed by atoms with Crippen molar-refractivity contribution in [1.29, 1.82) is 0 Å². The van der Waals surface area contributed by atoms with Gasteiger partial charge in [-0.25, -0.2) is 4.39 Å². The highest BCUT2D eigenvalue weighted by Gasteiger charge is 2.20. The van der Waals surface area contributed by atoms with Crippen LogP contribution in [0, 0.1) is 11.7 Å². The van der Waals surface area contributed by atoms with Crippen LogP contribution in [0.2, 0.25) is 0 Å². The van der Waals surface area contributed by atoms with Crippen molar-refractivity contribution in [2.45, 2.75) is 6.42 Å². The second kappa shape index (κ2) is 4.49. The maximum absolute atomic E-state index is 13.5. The van der Waals surface area contributed by atoms with Gasteiger partial charge in [-0.3, -0.25) is 0 Å². The Balaban J connectivity index is 2.25. The van der Waals surface area contributed by atoms with Crippen LogP contribution < -0.4 is 10.1 Å². The molecule has 1 aromatic carbocycles. The minimum atomic E-state index is -0.297. The lowest BCUT2D eigenvalue weighted by atomic mass is 9.94. The molecule has 0 spiro atoms. The Kier molecular flexibility index (Phi) is 3.26. The summed E-state index contributed by atoms with van der Waals surface area (Å²) in [6.45, 7) is 2.02. The molecule has 0 unspecified atom stereocenters. The molecule has 4 heteroatoms. The molecule has 2 rings (SSSR count). The van der Waals surface area contributed by atoms with Gasteiger partial charge in [0.1, 0.15) is 0 Å². The van der Waals surface area contributed by atoms with E-state index in [1.807, 2.05) is 6.07 Å². The van der Waals surface area contributed by atoms with Crippen LogP contribution in [0.1, 0.15) is 5.56 Å². The first kappa shape index (κ1) is 10.9. The molecule has 15 heavy (non-hydrogen) atoms. The third-order valence-corrected chi connectivity index (χ3v) is 3.12. The number of methoxy groups -OCH3 is 1. The fourth-order valence-corrected chi connectivity index (χ4v) is 2.27. The molecule has 0 aromatic heterocycles.